The van der Waals surface area contributed by atoms with Crippen molar-refractivity contribution in [1.29, 1.82) is 0 Å². The molecule has 0 spiro atoms. The Morgan fingerprint density at radius 2 is 2.07 bits per heavy atom. The highest BCUT2D eigenvalue weighted by atomic mass is 79.9. The van der Waals surface area contributed by atoms with E-state index in [4.69, 9.17) is 16.3 Å². The quantitative estimate of drug-likeness (QED) is 0.630. The van der Waals surface area contributed by atoms with E-state index in [1.165, 1.54) is 16.4 Å². The van der Waals surface area contributed by atoms with E-state index in [-0.39, 0.29) is 22.4 Å². The number of ether oxygens (including phenoxy) is 1. The molecule has 1 heterocycles. The van der Waals surface area contributed by atoms with Crippen LogP contribution in [-0.2, 0) is 14.8 Å². The summed E-state index contributed by atoms with van der Waals surface area (Å²) in [6.07, 6.45) is 1.24. The van der Waals surface area contributed by atoms with Gasteiger partial charge in [0, 0.05) is 17.6 Å². The van der Waals surface area contributed by atoms with Gasteiger partial charge in [-0.2, -0.15) is 4.31 Å². The van der Waals surface area contributed by atoms with Crippen molar-refractivity contribution in [3.63, 3.8) is 0 Å². The Hall–Kier alpha value is -1.61. The van der Waals surface area contributed by atoms with Crippen LogP contribution in [0.4, 0.5) is 5.69 Å². The molecule has 6 nitrogen and oxygen atoms in total. The lowest BCUT2D eigenvalue weighted by Crippen LogP contribution is -2.43. The van der Waals surface area contributed by atoms with Crippen LogP contribution < -0.4 is 10.1 Å². The smallest absolute Gasteiger partial charge is 0.243 e. The highest BCUT2D eigenvalue weighted by Crippen LogP contribution is 2.31. The van der Waals surface area contributed by atoms with Gasteiger partial charge in [0.2, 0.25) is 15.9 Å². The summed E-state index contributed by atoms with van der Waals surface area (Å²) >= 11 is 9.56. The molecule has 2 aromatic rings. The molecule has 0 aromatic heterocycles. The van der Waals surface area contributed by atoms with E-state index in [1.54, 1.807) is 12.1 Å². The Labute approximate surface area is 184 Å². The summed E-state index contributed by atoms with van der Waals surface area (Å²) in [5.41, 5.74) is 0.663. The molecule has 1 N–H and O–H groups in total. The monoisotopic (exact) mass is 500 g/mol. The fourth-order valence-electron chi connectivity index (χ4n) is 3.24. The van der Waals surface area contributed by atoms with Gasteiger partial charge in [-0.3, -0.25) is 4.79 Å². The van der Waals surface area contributed by atoms with Gasteiger partial charge in [0.05, 0.1) is 28.1 Å². The van der Waals surface area contributed by atoms with Crippen LogP contribution in [0, 0.1) is 5.92 Å². The molecule has 1 aliphatic heterocycles. The number of carbonyl (C=O) groups is 1. The summed E-state index contributed by atoms with van der Waals surface area (Å²) in [6, 6.07) is 11.7. The van der Waals surface area contributed by atoms with Crippen LogP contribution in [-0.4, -0.2) is 38.3 Å². The van der Waals surface area contributed by atoms with Crippen molar-refractivity contribution in [3.05, 3.63) is 52.0 Å². The average molecular weight is 502 g/mol. The molecule has 9 heteroatoms. The van der Waals surface area contributed by atoms with Crippen LogP contribution in [0.1, 0.15) is 19.8 Å². The molecule has 1 atom stereocenters. The van der Waals surface area contributed by atoms with Gasteiger partial charge in [0.1, 0.15) is 5.75 Å². The molecular formula is C20H22BrClN2O4S. The Kier molecular flexibility index (Phi) is 7.21. The van der Waals surface area contributed by atoms with Gasteiger partial charge in [0.15, 0.2) is 0 Å². The normalized spacial score (nSPS) is 17.7. The van der Waals surface area contributed by atoms with Crippen molar-refractivity contribution < 1.29 is 17.9 Å². The second-order valence-electron chi connectivity index (χ2n) is 6.70. The maximum Gasteiger partial charge on any atom is 0.243 e. The fourth-order valence-corrected chi connectivity index (χ4v) is 5.47. The van der Waals surface area contributed by atoms with Crippen LogP contribution >= 0.6 is 27.5 Å². The summed E-state index contributed by atoms with van der Waals surface area (Å²) in [4.78, 5) is 12.8. The highest BCUT2D eigenvalue weighted by Gasteiger charge is 2.33. The molecule has 2 aromatic carbocycles. The molecule has 1 saturated heterocycles. The molecule has 0 saturated carbocycles. The Morgan fingerprint density at radius 1 is 1.31 bits per heavy atom. The predicted molar refractivity (Wildman–Crippen MR) is 117 cm³/mol. The van der Waals surface area contributed by atoms with E-state index in [1.807, 2.05) is 25.1 Å². The standard InChI is InChI=1S/C20H22BrClN2O4S/c1-2-28-19-10-9-15(12-17(19)22)29(26,27)24-11-5-6-14(13-24)20(25)23-18-8-4-3-7-16(18)21/h3-4,7-10,12,14H,2,5-6,11,13H2,1H3,(H,23,25)/t14-/m1/s1. The van der Waals surface area contributed by atoms with Crippen LogP contribution in [0.5, 0.6) is 5.75 Å². The van der Waals surface area contributed by atoms with Gasteiger partial charge in [-0.25, -0.2) is 8.42 Å². The maximum atomic E-state index is 13.1. The molecule has 0 radical (unpaired) electrons. The van der Waals surface area contributed by atoms with Crippen molar-refractivity contribution in [2.75, 3.05) is 25.0 Å². The first-order chi connectivity index (χ1) is 13.8. The molecule has 29 heavy (non-hydrogen) atoms. The average Bonchev–Trinajstić information content (AvgIpc) is 2.71. The lowest BCUT2D eigenvalue weighted by Gasteiger charge is -2.31. The topological polar surface area (TPSA) is 75.7 Å². The number of carbonyl (C=O) groups excluding carboxylic acids is 1. The lowest BCUT2D eigenvalue weighted by molar-refractivity contribution is -0.120. The number of para-hydroxylation sites is 1. The number of rotatable bonds is 6. The SMILES string of the molecule is CCOc1ccc(S(=O)(=O)N2CCC[C@@H](C(=O)Nc3ccccc3Br)C2)cc1Cl. The van der Waals surface area contributed by atoms with Crippen molar-refractivity contribution in [2.24, 2.45) is 5.92 Å². The van der Waals surface area contributed by atoms with Gasteiger partial charge in [-0.15, -0.1) is 0 Å². The van der Waals surface area contributed by atoms with E-state index in [0.717, 1.165) is 4.47 Å². The van der Waals surface area contributed by atoms with Gasteiger partial charge in [0.25, 0.3) is 0 Å². The van der Waals surface area contributed by atoms with E-state index in [0.29, 0.717) is 37.4 Å². The summed E-state index contributed by atoms with van der Waals surface area (Å²) in [6.45, 7) is 2.76. The van der Waals surface area contributed by atoms with Gasteiger partial charge < -0.3 is 10.1 Å². The van der Waals surface area contributed by atoms with Crippen LogP contribution in [0.15, 0.2) is 51.8 Å². The third-order valence-corrected chi connectivity index (χ3v) is 7.58. The molecule has 0 unspecified atom stereocenters. The minimum absolute atomic E-state index is 0.0952. The lowest BCUT2D eigenvalue weighted by atomic mass is 9.99. The van der Waals surface area contributed by atoms with Crippen LogP contribution in [0.3, 0.4) is 0 Å². The van der Waals surface area contributed by atoms with Crippen molar-refractivity contribution in [3.8, 4) is 5.75 Å². The van der Waals surface area contributed by atoms with E-state index < -0.39 is 15.9 Å². The zero-order chi connectivity index (χ0) is 21.0. The molecule has 1 amide bonds. The second kappa shape index (κ2) is 9.47. The molecule has 1 aliphatic rings. The molecule has 1 fully saturated rings. The first kappa shape index (κ1) is 22.1. The molecule has 0 aliphatic carbocycles. The van der Waals surface area contributed by atoms with Crippen molar-refractivity contribution in [1.82, 2.24) is 4.31 Å². The first-order valence-corrected chi connectivity index (χ1v) is 11.9. The number of nitrogens with zero attached hydrogens (tertiary/aromatic N) is 1. The third-order valence-electron chi connectivity index (χ3n) is 4.73. The number of piperidine rings is 1. The van der Waals surface area contributed by atoms with Gasteiger partial charge in [-0.1, -0.05) is 23.7 Å². The van der Waals surface area contributed by atoms with E-state index >= 15 is 0 Å². The van der Waals surface area contributed by atoms with Gasteiger partial charge in [-0.05, 0) is 66.0 Å². The first-order valence-electron chi connectivity index (χ1n) is 9.31. The zero-order valence-corrected chi connectivity index (χ0v) is 19.1. The summed E-state index contributed by atoms with van der Waals surface area (Å²) < 4.78 is 33.6. The number of nitrogens with one attached hydrogen (secondary N) is 1. The minimum atomic E-state index is -3.76. The maximum absolute atomic E-state index is 13.1. The number of halogens is 2. The molecule has 0 bridgehead atoms. The Bertz CT molecular complexity index is 1000. The van der Waals surface area contributed by atoms with Crippen LogP contribution in [0.2, 0.25) is 5.02 Å². The summed E-state index contributed by atoms with van der Waals surface area (Å²) in [5.74, 6) is -0.178. The Morgan fingerprint density at radius 3 is 2.76 bits per heavy atom. The Balaban J connectivity index is 1.75. The minimum Gasteiger partial charge on any atom is -0.492 e. The number of sulfonamides is 1. The third kappa shape index (κ3) is 5.12. The number of hydrogen-bond donors (Lipinski definition) is 1. The predicted octanol–water partition coefficient (Wildman–Crippen LogP) is 4.54. The number of benzene rings is 2. The second-order valence-corrected chi connectivity index (χ2v) is 9.90. The highest BCUT2D eigenvalue weighted by molar-refractivity contribution is 9.10. The van der Waals surface area contributed by atoms with Crippen molar-refractivity contribution in [2.45, 2.75) is 24.7 Å². The largest absolute Gasteiger partial charge is 0.492 e. The molecule has 3 rings (SSSR count). The molecular weight excluding hydrogens is 480 g/mol. The number of amides is 1. The fraction of sp³-hybridized carbons (Fsp3) is 0.350. The van der Waals surface area contributed by atoms with E-state index in [9.17, 15) is 13.2 Å². The van der Waals surface area contributed by atoms with Crippen LogP contribution in [0.25, 0.3) is 0 Å². The number of anilines is 1. The zero-order valence-electron chi connectivity index (χ0n) is 15.9. The van der Waals surface area contributed by atoms with E-state index in [2.05, 4.69) is 21.2 Å². The molecule has 156 valence electrons. The summed E-state index contributed by atoms with van der Waals surface area (Å²) in [7, 11) is -3.76. The number of hydrogen-bond acceptors (Lipinski definition) is 4. The van der Waals surface area contributed by atoms with Gasteiger partial charge >= 0.3 is 0 Å². The van der Waals surface area contributed by atoms with Crippen molar-refractivity contribution >= 4 is 49.1 Å². The summed E-state index contributed by atoms with van der Waals surface area (Å²) in [5, 5.41) is 3.12.